The third kappa shape index (κ3) is 3.70. The summed E-state index contributed by atoms with van der Waals surface area (Å²) in [5.41, 5.74) is 2.23. The first kappa shape index (κ1) is 19.1. The van der Waals surface area contributed by atoms with Crippen molar-refractivity contribution in [1.82, 2.24) is 4.72 Å². The molecule has 26 heavy (non-hydrogen) atoms. The number of rotatable bonds is 4. The molecule has 1 amide bonds. The largest absolute Gasteiger partial charge is 0.311 e. The fourth-order valence-corrected chi connectivity index (χ4v) is 4.71. The second-order valence-corrected chi connectivity index (χ2v) is 9.81. The van der Waals surface area contributed by atoms with Crippen molar-refractivity contribution >= 4 is 37.5 Å². The molecule has 0 saturated heterocycles. The van der Waals surface area contributed by atoms with Gasteiger partial charge >= 0.3 is 0 Å². The summed E-state index contributed by atoms with van der Waals surface area (Å²) in [5, 5.41) is 0. The fourth-order valence-electron chi connectivity index (χ4n) is 3.21. The summed E-state index contributed by atoms with van der Waals surface area (Å²) in [7, 11) is -3.65. The smallest absolute Gasteiger partial charge is 0.240 e. The Labute approximate surface area is 162 Å². The topological polar surface area (TPSA) is 66.5 Å². The van der Waals surface area contributed by atoms with E-state index in [1.54, 1.807) is 23.1 Å². The maximum Gasteiger partial charge on any atom is 0.240 e. The molecule has 5 nitrogen and oxygen atoms in total. The van der Waals surface area contributed by atoms with E-state index in [1.807, 2.05) is 38.1 Å². The van der Waals surface area contributed by atoms with Crippen LogP contribution in [0.4, 0.5) is 5.69 Å². The Morgan fingerprint density at radius 2 is 1.96 bits per heavy atom. The summed E-state index contributed by atoms with van der Waals surface area (Å²) < 4.78 is 29.0. The van der Waals surface area contributed by atoms with E-state index in [9.17, 15) is 13.2 Å². The molecule has 0 bridgehead atoms. The maximum absolute atomic E-state index is 12.7. The molecule has 2 aromatic rings. The monoisotopic (exact) mass is 436 g/mol. The minimum atomic E-state index is -3.65. The van der Waals surface area contributed by atoms with Crippen LogP contribution in [-0.2, 0) is 26.8 Å². The summed E-state index contributed by atoms with van der Waals surface area (Å²) in [6.07, 6.45) is 0. The van der Waals surface area contributed by atoms with Gasteiger partial charge in [-0.15, -0.1) is 0 Å². The number of sulfonamides is 1. The molecule has 0 aromatic heterocycles. The van der Waals surface area contributed by atoms with Crippen LogP contribution in [0.3, 0.4) is 0 Å². The predicted molar refractivity (Wildman–Crippen MR) is 106 cm³/mol. The number of fused-ring (bicyclic) bond motifs is 1. The van der Waals surface area contributed by atoms with Crippen molar-refractivity contribution in [2.75, 3.05) is 11.4 Å². The van der Waals surface area contributed by atoms with Crippen LogP contribution in [0.25, 0.3) is 0 Å². The van der Waals surface area contributed by atoms with E-state index in [0.29, 0.717) is 6.54 Å². The highest BCUT2D eigenvalue weighted by Gasteiger charge is 2.37. The molecule has 1 aliphatic heterocycles. The Morgan fingerprint density at radius 1 is 1.23 bits per heavy atom. The molecular formula is C19H21BrN2O3S. The number of carbonyl (C=O) groups excluding carboxylic acids is 1. The lowest BCUT2D eigenvalue weighted by atomic mass is 9.87. The third-order valence-electron chi connectivity index (χ3n) is 4.59. The van der Waals surface area contributed by atoms with Crippen LogP contribution in [0.1, 0.15) is 31.9 Å². The number of nitrogens with zero attached hydrogens (tertiary/aromatic N) is 1. The first-order valence-corrected chi connectivity index (χ1v) is 10.5. The fraction of sp³-hybridized carbons (Fsp3) is 0.316. The minimum Gasteiger partial charge on any atom is -0.311 e. The number of carbonyl (C=O) groups is 1. The van der Waals surface area contributed by atoms with Gasteiger partial charge in [-0.25, -0.2) is 13.1 Å². The van der Waals surface area contributed by atoms with Gasteiger partial charge in [0.15, 0.2) is 0 Å². The molecule has 2 aromatic carbocycles. The lowest BCUT2D eigenvalue weighted by Gasteiger charge is -2.19. The van der Waals surface area contributed by atoms with E-state index in [-0.39, 0.29) is 22.8 Å². The van der Waals surface area contributed by atoms with Crippen molar-refractivity contribution in [2.24, 2.45) is 0 Å². The molecule has 0 atom stereocenters. The molecule has 0 unspecified atom stereocenters. The molecule has 0 fully saturated rings. The normalized spacial score (nSPS) is 15.8. The number of halogens is 1. The van der Waals surface area contributed by atoms with Crippen LogP contribution in [-0.4, -0.2) is 20.9 Å². The molecule has 3 rings (SSSR count). The van der Waals surface area contributed by atoms with Crippen LogP contribution in [0.15, 0.2) is 51.8 Å². The SMILES string of the molecule is CC(=O)N1CC(C)(C)c2cc(S(=O)(=O)NCc3cccc(Br)c3)ccc21. The van der Waals surface area contributed by atoms with Crippen molar-refractivity contribution in [3.63, 3.8) is 0 Å². The summed E-state index contributed by atoms with van der Waals surface area (Å²) >= 11 is 3.38. The van der Waals surface area contributed by atoms with Crippen LogP contribution >= 0.6 is 15.9 Å². The highest BCUT2D eigenvalue weighted by Crippen LogP contribution is 2.41. The molecule has 1 heterocycles. The molecule has 138 valence electrons. The van der Waals surface area contributed by atoms with Crippen molar-refractivity contribution in [3.05, 3.63) is 58.1 Å². The predicted octanol–water partition coefficient (Wildman–Crippen LogP) is 3.57. The Bertz CT molecular complexity index is 970. The first-order chi connectivity index (χ1) is 12.1. The molecule has 0 saturated carbocycles. The number of hydrogen-bond acceptors (Lipinski definition) is 3. The van der Waals surface area contributed by atoms with Crippen LogP contribution in [0.5, 0.6) is 0 Å². The van der Waals surface area contributed by atoms with E-state index in [0.717, 1.165) is 21.3 Å². The Balaban J connectivity index is 1.89. The quantitative estimate of drug-likeness (QED) is 0.796. The number of benzene rings is 2. The highest BCUT2D eigenvalue weighted by atomic mass is 79.9. The Kier molecular flexibility index (Phi) is 4.98. The average molecular weight is 437 g/mol. The molecule has 1 aliphatic rings. The van der Waals surface area contributed by atoms with Gasteiger partial charge in [-0.3, -0.25) is 4.79 Å². The second-order valence-electron chi connectivity index (χ2n) is 7.12. The van der Waals surface area contributed by atoms with E-state index < -0.39 is 10.0 Å². The number of amides is 1. The van der Waals surface area contributed by atoms with Crippen molar-refractivity contribution in [1.29, 1.82) is 0 Å². The van der Waals surface area contributed by atoms with Crippen molar-refractivity contribution in [3.8, 4) is 0 Å². The first-order valence-electron chi connectivity index (χ1n) is 8.27. The zero-order valence-corrected chi connectivity index (χ0v) is 17.3. The number of anilines is 1. The maximum atomic E-state index is 12.7. The third-order valence-corrected chi connectivity index (χ3v) is 6.48. The summed E-state index contributed by atoms with van der Waals surface area (Å²) in [5.74, 6) is -0.0415. The van der Waals surface area contributed by atoms with E-state index in [2.05, 4.69) is 20.7 Å². The summed E-state index contributed by atoms with van der Waals surface area (Å²) in [4.78, 5) is 13.8. The lowest BCUT2D eigenvalue weighted by Crippen LogP contribution is -2.31. The zero-order chi connectivity index (χ0) is 19.1. The molecule has 0 aliphatic carbocycles. The molecule has 0 radical (unpaired) electrons. The highest BCUT2D eigenvalue weighted by molar-refractivity contribution is 9.10. The second kappa shape index (κ2) is 6.79. The van der Waals surface area contributed by atoms with Gasteiger partial charge in [0.05, 0.1) is 4.90 Å². The zero-order valence-electron chi connectivity index (χ0n) is 14.9. The van der Waals surface area contributed by atoms with Gasteiger partial charge in [0.2, 0.25) is 15.9 Å². The van der Waals surface area contributed by atoms with Gasteiger partial charge in [-0.05, 0) is 41.5 Å². The van der Waals surface area contributed by atoms with E-state index in [4.69, 9.17) is 0 Å². The van der Waals surface area contributed by atoms with Gasteiger partial charge in [-0.1, -0.05) is 41.9 Å². The van der Waals surface area contributed by atoms with Gasteiger partial charge in [0, 0.05) is 35.6 Å². The number of nitrogens with one attached hydrogen (secondary N) is 1. The van der Waals surface area contributed by atoms with Gasteiger partial charge in [-0.2, -0.15) is 0 Å². The summed E-state index contributed by atoms with van der Waals surface area (Å²) in [6.45, 7) is 6.31. The van der Waals surface area contributed by atoms with E-state index >= 15 is 0 Å². The Morgan fingerprint density at radius 3 is 2.62 bits per heavy atom. The molecule has 7 heteroatoms. The average Bonchev–Trinajstić information content (AvgIpc) is 2.84. The minimum absolute atomic E-state index is 0.0415. The molecule has 1 N–H and O–H groups in total. The number of hydrogen-bond donors (Lipinski definition) is 1. The lowest BCUT2D eigenvalue weighted by molar-refractivity contribution is -0.116. The van der Waals surface area contributed by atoms with Gasteiger partial charge in [0.1, 0.15) is 0 Å². The Hall–Kier alpha value is -1.70. The van der Waals surface area contributed by atoms with Gasteiger partial charge in [0.25, 0.3) is 0 Å². The summed E-state index contributed by atoms with van der Waals surface area (Å²) in [6, 6.07) is 12.5. The van der Waals surface area contributed by atoms with Crippen LogP contribution in [0, 0.1) is 0 Å². The van der Waals surface area contributed by atoms with E-state index in [1.165, 1.54) is 6.92 Å². The molecule has 0 spiro atoms. The van der Waals surface area contributed by atoms with Crippen LogP contribution < -0.4 is 9.62 Å². The van der Waals surface area contributed by atoms with Crippen LogP contribution in [0.2, 0.25) is 0 Å². The van der Waals surface area contributed by atoms with Crippen molar-refractivity contribution in [2.45, 2.75) is 37.6 Å². The van der Waals surface area contributed by atoms with Crippen molar-refractivity contribution < 1.29 is 13.2 Å². The molecular weight excluding hydrogens is 416 g/mol. The van der Waals surface area contributed by atoms with Gasteiger partial charge < -0.3 is 4.90 Å². The standard InChI is InChI=1S/C19H21BrN2O3S/c1-13(23)22-12-19(2,3)17-10-16(7-8-18(17)22)26(24,25)21-11-14-5-4-6-15(20)9-14/h4-10,21H,11-12H2,1-3H3.